The highest BCUT2D eigenvalue weighted by Gasteiger charge is 2.13. The second-order valence-corrected chi connectivity index (χ2v) is 4.27. The first kappa shape index (κ1) is 12.1. The molecule has 0 aliphatic carbocycles. The number of anilines is 1. The van der Waals surface area contributed by atoms with Crippen LogP contribution in [0.15, 0.2) is 12.4 Å². The van der Waals surface area contributed by atoms with E-state index in [1.54, 1.807) is 6.07 Å². The standard InChI is InChI=1S/C11H19N5O/c1-15-2-4-16(5-3-15)6-7-17-11-8-10(12)13-9-14-11/h8-9H,2-7H2,1H3,(H2,12,13,14). The van der Waals surface area contributed by atoms with Gasteiger partial charge in [0.15, 0.2) is 0 Å². The van der Waals surface area contributed by atoms with Crippen molar-refractivity contribution < 1.29 is 4.74 Å². The minimum absolute atomic E-state index is 0.439. The van der Waals surface area contributed by atoms with Crippen molar-refractivity contribution in [3.8, 4) is 5.88 Å². The predicted octanol–water partition coefficient (Wildman–Crippen LogP) is -0.315. The van der Waals surface area contributed by atoms with Crippen LogP contribution in [0.3, 0.4) is 0 Å². The van der Waals surface area contributed by atoms with Crippen molar-refractivity contribution in [1.82, 2.24) is 19.8 Å². The van der Waals surface area contributed by atoms with Crippen LogP contribution in [0, 0.1) is 0 Å². The Morgan fingerprint density at radius 2 is 2.06 bits per heavy atom. The summed E-state index contributed by atoms with van der Waals surface area (Å²) < 4.78 is 5.53. The Bertz CT molecular complexity index is 351. The summed E-state index contributed by atoms with van der Waals surface area (Å²) in [4.78, 5) is 12.5. The molecule has 0 radical (unpaired) electrons. The molecule has 1 aliphatic heterocycles. The number of nitrogen functional groups attached to an aromatic ring is 1. The highest BCUT2D eigenvalue weighted by atomic mass is 16.5. The number of likely N-dealkylation sites (N-methyl/N-ethyl adjacent to an activating group) is 1. The molecule has 2 heterocycles. The average Bonchev–Trinajstić information content (AvgIpc) is 2.32. The lowest BCUT2D eigenvalue weighted by molar-refractivity contribution is 0.132. The number of nitrogens with two attached hydrogens (primary N) is 1. The molecule has 2 N–H and O–H groups in total. The normalized spacial score (nSPS) is 18.2. The maximum Gasteiger partial charge on any atom is 0.218 e. The van der Waals surface area contributed by atoms with Gasteiger partial charge in [0.25, 0.3) is 0 Å². The molecule has 6 heteroatoms. The van der Waals surface area contributed by atoms with Crippen LogP contribution < -0.4 is 10.5 Å². The number of nitrogens with zero attached hydrogens (tertiary/aromatic N) is 4. The first-order chi connectivity index (χ1) is 8.24. The first-order valence-electron chi connectivity index (χ1n) is 5.85. The Balaban J connectivity index is 1.69. The molecular formula is C11H19N5O. The molecule has 0 saturated carbocycles. The SMILES string of the molecule is CN1CCN(CCOc2cc(N)ncn2)CC1. The van der Waals surface area contributed by atoms with Gasteiger partial charge in [0.05, 0.1) is 0 Å². The second-order valence-electron chi connectivity index (χ2n) is 4.27. The minimum atomic E-state index is 0.439. The molecule has 1 saturated heterocycles. The van der Waals surface area contributed by atoms with Crippen LogP contribution in [-0.2, 0) is 0 Å². The summed E-state index contributed by atoms with van der Waals surface area (Å²) in [5.41, 5.74) is 5.54. The van der Waals surface area contributed by atoms with Gasteiger partial charge in [-0.25, -0.2) is 9.97 Å². The molecule has 1 fully saturated rings. The molecule has 2 rings (SSSR count). The summed E-state index contributed by atoms with van der Waals surface area (Å²) in [6.45, 7) is 6.02. The molecule has 0 unspecified atom stereocenters. The van der Waals surface area contributed by atoms with Crippen LogP contribution in [-0.4, -0.2) is 66.1 Å². The largest absolute Gasteiger partial charge is 0.476 e. The van der Waals surface area contributed by atoms with Crippen LogP contribution in [0.1, 0.15) is 0 Å². The van der Waals surface area contributed by atoms with E-state index in [0.717, 1.165) is 32.7 Å². The molecule has 0 amide bonds. The van der Waals surface area contributed by atoms with Gasteiger partial charge in [-0.2, -0.15) is 0 Å². The zero-order valence-corrected chi connectivity index (χ0v) is 10.2. The molecule has 1 aromatic heterocycles. The monoisotopic (exact) mass is 237 g/mol. The lowest BCUT2D eigenvalue weighted by atomic mass is 10.3. The molecule has 1 aromatic rings. The third kappa shape index (κ3) is 3.83. The minimum Gasteiger partial charge on any atom is -0.476 e. The molecule has 94 valence electrons. The summed E-state index contributed by atoms with van der Waals surface area (Å²) in [6.07, 6.45) is 1.42. The smallest absolute Gasteiger partial charge is 0.218 e. The summed E-state index contributed by atoms with van der Waals surface area (Å²) in [6, 6.07) is 1.64. The molecule has 0 atom stereocenters. The Morgan fingerprint density at radius 3 is 2.76 bits per heavy atom. The van der Waals surface area contributed by atoms with E-state index in [1.807, 2.05) is 0 Å². The van der Waals surface area contributed by atoms with E-state index in [9.17, 15) is 0 Å². The van der Waals surface area contributed by atoms with E-state index in [-0.39, 0.29) is 0 Å². The highest BCUT2D eigenvalue weighted by Crippen LogP contribution is 2.07. The number of aromatic nitrogens is 2. The van der Waals surface area contributed by atoms with Gasteiger partial charge in [-0.3, -0.25) is 4.90 Å². The summed E-state index contributed by atoms with van der Waals surface area (Å²) in [5, 5.41) is 0. The molecule has 1 aliphatic rings. The highest BCUT2D eigenvalue weighted by molar-refractivity contribution is 5.30. The van der Waals surface area contributed by atoms with Crippen LogP contribution >= 0.6 is 0 Å². The Hall–Kier alpha value is -1.40. The van der Waals surface area contributed by atoms with E-state index in [2.05, 4.69) is 26.8 Å². The van der Waals surface area contributed by atoms with E-state index in [4.69, 9.17) is 10.5 Å². The van der Waals surface area contributed by atoms with E-state index in [0.29, 0.717) is 18.3 Å². The van der Waals surface area contributed by atoms with Crippen LogP contribution in [0.25, 0.3) is 0 Å². The third-order valence-corrected chi connectivity index (χ3v) is 2.92. The van der Waals surface area contributed by atoms with Gasteiger partial charge in [-0.05, 0) is 7.05 Å². The maximum atomic E-state index is 5.54. The predicted molar refractivity (Wildman–Crippen MR) is 65.9 cm³/mol. The molecule has 17 heavy (non-hydrogen) atoms. The van der Waals surface area contributed by atoms with Crippen LogP contribution in [0.5, 0.6) is 5.88 Å². The second kappa shape index (κ2) is 5.79. The van der Waals surface area contributed by atoms with Crippen molar-refractivity contribution >= 4 is 5.82 Å². The first-order valence-corrected chi connectivity index (χ1v) is 5.85. The lowest BCUT2D eigenvalue weighted by Gasteiger charge is -2.32. The number of hydrogen-bond acceptors (Lipinski definition) is 6. The number of hydrogen-bond donors (Lipinski definition) is 1. The van der Waals surface area contributed by atoms with Crippen molar-refractivity contribution in [3.63, 3.8) is 0 Å². The fourth-order valence-electron chi connectivity index (χ4n) is 1.78. The molecule has 0 spiro atoms. The quantitative estimate of drug-likeness (QED) is 0.774. The van der Waals surface area contributed by atoms with Gasteiger partial charge in [0.2, 0.25) is 5.88 Å². The Morgan fingerprint density at radius 1 is 1.29 bits per heavy atom. The van der Waals surface area contributed by atoms with Crippen LogP contribution in [0.4, 0.5) is 5.82 Å². The summed E-state index contributed by atoms with van der Waals surface area (Å²) in [5.74, 6) is 0.987. The van der Waals surface area contributed by atoms with Gasteiger partial charge < -0.3 is 15.4 Å². The van der Waals surface area contributed by atoms with Crippen molar-refractivity contribution in [1.29, 1.82) is 0 Å². The van der Waals surface area contributed by atoms with Crippen molar-refractivity contribution in [3.05, 3.63) is 12.4 Å². The fraction of sp³-hybridized carbons (Fsp3) is 0.636. The van der Waals surface area contributed by atoms with Gasteiger partial charge in [0, 0.05) is 38.8 Å². The van der Waals surface area contributed by atoms with E-state index in [1.165, 1.54) is 6.33 Å². The molecular weight excluding hydrogens is 218 g/mol. The van der Waals surface area contributed by atoms with Crippen molar-refractivity contribution in [2.45, 2.75) is 0 Å². The molecule has 0 aromatic carbocycles. The van der Waals surface area contributed by atoms with E-state index >= 15 is 0 Å². The zero-order chi connectivity index (χ0) is 12.1. The maximum absolute atomic E-state index is 5.54. The number of rotatable bonds is 4. The Kier molecular flexibility index (Phi) is 4.11. The van der Waals surface area contributed by atoms with Crippen molar-refractivity contribution in [2.75, 3.05) is 52.1 Å². The van der Waals surface area contributed by atoms with Crippen molar-refractivity contribution in [2.24, 2.45) is 0 Å². The van der Waals surface area contributed by atoms with Gasteiger partial charge in [-0.15, -0.1) is 0 Å². The molecule has 0 bridgehead atoms. The van der Waals surface area contributed by atoms with Gasteiger partial charge in [-0.1, -0.05) is 0 Å². The number of ether oxygens (including phenoxy) is 1. The number of piperazine rings is 1. The third-order valence-electron chi connectivity index (χ3n) is 2.92. The summed E-state index contributed by atoms with van der Waals surface area (Å²) >= 11 is 0. The zero-order valence-electron chi connectivity index (χ0n) is 10.2. The molecule has 6 nitrogen and oxygen atoms in total. The van der Waals surface area contributed by atoms with Gasteiger partial charge in [0.1, 0.15) is 18.8 Å². The average molecular weight is 237 g/mol. The van der Waals surface area contributed by atoms with E-state index < -0.39 is 0 Å². The van der Waals surface area contributed by atoms with Crippen LogP contribution in [0.2, 0.25) is 0 Å². The summed E-state index contributed by atoms with van der Waals surface area (Å²) in [7, 11) is 2.15. The topological polar surface area (TPSA) is 67.5 Å². The Labute approximate surface area is 101 Å². The van der Waals surface area contributed by atoms with Gasteiger partial charge >= 0.3 is 0 Å². The fourth-order valence-corrected chi connectivity index (χ4v) is 1.78. The lowest BCUT2D eigenvalue weighted by Crippen LogP contribution is -2.45.